The van der Waals surface area contributed by atoms with E-state index >= 15 is 0 Å². The zero-order chi connectivity index (χ0) is 23.4. The van der Waals surface area contributed by atoms with Crippen LogP contribution < -0.4 is 10.1 Å². The van der Waals surface area contributed by atoms with E-state index in [-0.39, 0.29) is 35.6 Å². The molecule has 0 aliphatic rings. The van der Waals surface area contributed by atoms with Crippen LogP contribution >= 0.6 is 0 Å². The summed E-state index contributed by atoms with van der Waals surface area (Å²) >= 11 is 0. The molecule has 1 aromatic heterocycles. The summed E-state index contributed by atoms with van der Waals surface area (Å²) in [5, 5.41) is 7.31. The van der Waals surface area contributed by atoms with E-state index in [2.05, 4.69) is 10.4 Å². The highest BCUT2D eigenvalue weighted by Gasteiger charge is 2.19. The zero-order valence-corrected chi connectivity index (χ0v) is 18.3. The molecule has 0 fully saturated rings. The van der Waals surface area contributed by atoms with Crippen molar-refractivity contribution in [3.63, 3.8) is 0 Å². The van der Waals surface area contributed by atoms with Gasteiger partial charge in [0.2, 0.25) is 5.88 Å². The van der Waals surface area contributed by atoms with Gasteiger partial charge >= 0.3 is 0 Å². The second-order valence-electron chi connectivity index (χ2n) is 7.84. The summed E-state index contributed by atoms with van der Waals surface area (Å²) in [5.41, 5.74) is 4.68. The Hall–Kier alpha value is -4.00. The summed E-state index contributed by atoms with van der Waals surface area (Å²) in [7, 11) is 0. The lowest BCUT2D eigenvalue weighted by molar-refractivity contribution is 0.102. The van der Waals surface area contributed by atoms with Gasteiger partial charge in [-0.15, -0.1) is 5.10 Å². The number of halogens is 2. The predicted molar refractivity (Wildman–Crippen MR) is 122 cm³/mol. The second-order valence-corrected chi connectivity index (χ2v) is 7.84. The number of ether oxygens (including phenoxy) is 1. The van der Waals surface area contributed by atoms with Crippen LogP contribution in [0.1, 0.15) is 32.6 Å². The number of aromatic nitrogens is 2. The van der Waals surface area contributed by atoms with Crippen molar-refractivity contribution in [3.8, 4) is 5.88 Å². The molecule has 1 heterocycles. The number of carbonyl (C=O) groups is 1. The van der Waals surface area contributed by atoms with Crippen LogP contribution in [0.5, 0.6) is 5.88 Å². The number of carbonyl (C=O) groups excluding carboxylic acids is 1. The minimum absolute atomic E-state index is 0.123. The normalized spacial score (nSPS) is 10.8. The molecule has 3 aromatic carbocycles. The first-order chi connectivity index (χ1) is 15.9. The number of rotatable bonds is 7. The maximum Gasteiger partial charge on any atom is 0.262 e. The number of hydrogen-bond acceptors (Lipinski definition) is 3. The fourth-order valence-electron chi connectivity index (χ4n) is 3.27. The Kier molecular flexibility index (Phi) is 6.49. The highest BCUT2D eigenvalue weighted by atomic mass is 19.1. The van der Waals surface area contributed by atoms with E-state index < -0.39 is 0 Å². The molecule has 4 rings (SSSR count). The maximum absolute atomic E-state index is 13.2. The van der Waals surface area contributed by atoms with Gasteiger partial charge in [0.25, 0.3) is 5.91 Å². The highest BCUT2D eigenvalue weighted by Crippen LogP contribution is 2.22. The summed E-state index contributed by atoms with van der Waals surface area (Å²) in [6.45, 7) is 4.44. The smallest absolute Gasteiger partial charge is 0.262 e. The first kappa shape index (κ1) is 22.2. The Balaban J connectivity index is 1.58. The molecule has 7 heteroatoms. The van der Waals surface area contributed by atoms with Crippen LogP contribution in [0.4, 0.5) is 14.5 Å². The molecule has 1 amide bonds. The Morgan fingerprint density at radius 1 is 0.909 bits per heavy atom. The fourth-order valence-corrected chi connectivity index (χ4v) is 3.27. The van der Waals surface area contributed by atoms with Gasteiger partial charge < -0.3 is 10.1 Å². The Morgan fingerprint density at radius 3 is 2.18 bits per heavy atom. The lowest BCUT2D eigenvalue weighted by Gasteiger charge is -2.08. The van der Waals surface area contributed by atoms with E-state index in [1.54, 1.807) is 35.1 Å². The van der Waals surface area contributed by atoms with Crippen LogP contribution in [-0.2, 0) is 13.2 Å². The van der Waals surface area contributed by atoms with Gasteiger partial charge in [0.1, 0.15) is 23.8 Å². The summed E-state index contributed by atoms with van der Waals surface area (Å²) in [6.07, 6.45) is 1.60. The minimum atomic E-state index is -0.363. The molecule has 0 atom stereocenters. The van der Waals surface area contributed by atoms with Crippen molar-refractivity contribution in [2.45, 2.75) is 27.0 Å². The van der Waals surface area contributed by atoms with Gasteiger partial charge in [-0.3, -0.25) is 9.48 Å². The quantitative estimate of drug-likeness (QED) is 0.398. The summed E-state index contributed by atoms with van der Waals surface area (Å²) in [5.74, 6) is -0.868. The Morgan fingerprint density at radius 2 is 1.55 bits per heavy atom. The Bertz CT molecular complexity index is 1270. The van der Waals surface area contributed by atoms with Crippen LogP contribution in [-0.4, -0.2) is 15.7 Å². The van der Waals surface area contributed by atoms with Gasteiger partial charge in [0.15, 0.2) is 0 Å². The number of anilines is 1. The molecule has 0 radical (unpaired) electrons. The van der Waals surface area contributed by atoms with Crippen LogP contribution in [0.25, 0.3) is 0 Å². The second kappa shape index (κ2) is 9.65. The van der Waals surface area contributed by atoms with Gasteiger partial charge in [0, 0.05) is 11.9 Å². The largest absolute Gasteiger partial charge is 0.471 e. The molecule has 33 heavy (non-hydrogen) atoms. The number of aryl methyl sites for hydroxylation is 2. The monoisotopic (exact) mass is 447 g/mol. The molecule has 0 saturated carbocycles. The van der Waals surface area contributed by atoms with Crippen molar-refractivity contribution in [3.05, 3.63) is 112 Å². The van der Waals surface area contributed by atoms with Crippen molar-refractivity contribution in [2.24, 2.45) is 0 Å². The fraction of sp³-hybridized carbons (Fsp3) is 0.154. The van der Waals surface area contributed by atoms with Crippen LogP contribution in [0, 0.1) is 25.5 Å². The molecule has 0 unspecified atom stereocenters. The molecule has 0 spiro atoms. The van der Waals surface area contributed by atoms with Crippen molar-refractivity contribution < 1.29 is 18.3 Å². The Labute approximate surface area is 190 Å². The standard InChI is InChI=1S/C26H23F2N3O2/c1-17-3-12-23(13-18(17)2)29-25(32)24-15-31(14-19-4-8-21(27)9-5-19)30-26(24)33-16-20-6-10-22(28)11-7-20/h3-13,15H,14,16H2,1-2H3,(H,29,32). The van der Waals surface area contributed by atoms with E-state index in [0.29, 0.717) is 12.2 Å². The molecule has 0 saturated heterocycles. The number of hydrogen-bond donors (Lipinski definition) is 1. The van der Waals surface area contributed by atoms with Crippen molar-refractivity contribution in [1.82, 2.24) is 9.78 Å². The van der Waals surface area contributed by atoms with Gasteiger partial charge in [-0.05, 0) is 72.5 Å². The average Bonchev–Trinajstić information content (AvgIpc) is 3.20. The van der Waals surface area contributed by atoms with Crippen molar-refractivity contribution in [2.75, 3.05) is 5.32 Å². The van der Waals surface area contributed by atoms with Gasteiger partial charge in [0.05, 0.1) is 6.54 Å². The summed E-state index contributed by atoms with van der Waals surface area (Å²) in [4.78, 5) is 13.1. The third-order valence-corrected chi connectivity index (χ3v) is 5.28. The highest BCUT2D eigenvalue weighted by molar-refractivity contribution is 6.05. The van der Waals surface area contributed by atoms with Gasteiger partial charge in [-0.1, -0.05) is 30.3 Å². The molecule has 168 valence electrons. The number of amides is 1. The van der Waals surface area contributed by atoms with E-state index in [1.807, 2.05) is 32.0 Å². The molecule has 4 aromatic rings. The van der Waals surface area contributed by atoms with Crippen LogP contribution in [0.15, 0.2) is 72.9 Å². The lowest BCUT2D eigenvalue weighted by atomic mass is 10.1. The minimum Gasteiger partial charge on any atom is -0.471 e. The third kappa shape index (κ3) is 5.63. The zero-order valence-electron chi connectivity index (χ0n) is 18.3. The van der Waals surface area contributed by atoms with E-state index in [1.165, 1.54) is 24.3 Å². The SMILES string of the molecule is Cc1ccc(NC(=O)c2cn(Cc3ccc(F)cc3)nc2OCc2ccc(F)cc2)cc1C. The van der Waals surface area contributed by atoms with Gasteiger partial charge in [-0.25, -0.2) is 8.78 Å². The van der Waals surface area contributed by atoms with E-state index in [9.17, 15) is 13.6 Å². The number of nitrogens with one attached hydrogen (secondary N) is 1. The first-order valence-corrected chi connectivity index (χ1v) is 10.4. The predicted octanol–water partition coefficient (Wildman–Crippen LogP) is 5.66. The first-order valence-electron chi connectivity index (χ1n) is 10.4. The lowest BCUT2D eigenvalue weighted by Crippen LogP contribution is -2.13. The number of benzene rings is 3. The number of nitrogens with zero attached hydrogens (tertiary/aromatic N) is 2. The van der Waals surface area contributed by atoms with E-state index in [4.69, 9.17) is 4.74 Å². The maximum atomic E-state index is 13.2. The van der Waals surface area contributed by atoms with E-state index in [0.717, 1.165) is 22.3 Å². The molecule has 1 N–H and O–H groups in total. The molecule has 5 nitrogen and oxygen atoms in total. The third-order valence-electron chi connectivity index (χ3n) is 5.28. The molecule has 0 aliphatic heterocycles. The van der Waals surface area contributed by atoms with Crippen molar-refractivity contribution >= 4 is 11.6 Å². The topological polar surface area (TPSA) is 56.2 Å². The van der Waals surface area contributed by atoms with Crippen LogP contribution in [0.2, 0.25) is 0 Å². The molecular weight excluding hydrogens is 424 g/mol. The summed E-state index contributed by atoms with van der Waals surface area (Å²) in [6, 6.07) is 17.6. The summed E-state index contributed by atoms with van der Waals surface area (Å²) < 4.78 is 33.8. The van der Waals surface area contributed by atoms with Gasteiger partial charge in [-0.2, -0.15) is 0 Å². The molecular formula is C26H23F2N3O2. The molecule has 0 bridgehead atoms. The van der Waals surface area contributed by atoms with Crippen LogP contribution in [0.3, 0.4) is 0 Å². The van der Waals surface area contributed by atoms with Crippen molar-refractivity contribution in [1.29, 1.82) is 0 Å². The molecule has 0 aliphatic carbocycles. The average molecular weight is 447 g/mol.